The highest BCUT2D eigenvalue weighted by Gasteiger charge is 2.23. The van der Waals surface area contributed by atoms with Crippen LogP contribution in [0, 0.1) is 5.41 Å². The third kappa shape index (κ3) is 7.17. The first kappa shape index (κ1) is 20.6. The van der Waals surface area contributed by atoms with Crippen molar-refractivity contribution in [1.82, 2.24) is 4.73 Å². The molecule has 0 radical (unpaired) electrons. The van der Waals surface area contributed by atoms with E-state index < -0.39 is 0 Å². The minimum absolute atomic E-state index is 0.155. The van der Waals surface area contributed by atoms with Crippen LogP contribution in [0.3, 0.4) is 0 Å². The van der Waals surface area contributed by atoms with Gasteiger partial charge < -0.3 is 14.7 Å². The van der Waals surface area contributed by atoms with E-state index >= 15 is 0 Å². The Labute approximate surface area is 160 Å². The Kier molecular flexibility index (Phi) is 7.46. The highest BCUT2D eigenvalue weighted by atomic mass is 16.5. The monoisotopic (exact) mass is 372 g/mol. The Morgan fingerprint density at radius 2 is 1.93 bits per heavy atom. The summed E-state index contributed by atoms with van der Waals surface area (Å²) in [5.74, 6) is 0.619. The Morgan fingerprint density at radius 3 is 2.59 bits per heavy atom. The van der Waals surface area contributed by atoms with E-state index in [2.05, 4.69) is 18.8 Å². The molecule has 1 N–H and O–H groups in total. The predicted octanol–water partition coefficient (Wildman–Crippen LogP) is 3.23. The molecule has 27 heavy (non-hydrogen) atoms. The number of aromatic nitrogens is 1. The second kappa shape index (κ2) is 9.80. The van der Waals surface area contributed by atoms with E-state index in [0.29, 0.717) is 25.1 Å². The van der Waals surface area contributed by atoms with Gasteiger partial charge in [0.2, 0.25) is 0 Å². The third-order valence-corrected chi connectivity index (χ3v) is 4.12. The van der Waals surface area contributed by atoms with E-state index in [0.717, 1.165) is 28.9 Å². The zero-order valence-electron chi connectivity index (χ0n) is 16.2. The van der Waals surface area contributed by atoms with Crippen LogP contribution in [0.15, 0.2) is 53.7 Å². The molecule has 6 heteroatoms. The van der Waals surface area contributed by atoms with Gasteiger partial charge in [-0.2, -0.15) is 4.73 Å². The van der Waals surface area contributed by atoms with Crippen molar-refractivity contribution in [3.63, 3.8) is 0 Å². The van der Waals surface area contributed by atoms with Gasteiger partial charge in [0.25, 0.3) is 0 Å². The van der Waals surface area contributed by atoms with Crippen molar-refractivity contribution in [2.75, 3.05) is 20.3 Å². The van der Waals surface area contributed by atoms with E-state index in [1.807, 2.05) is 30.3 Å². The molecule has 0 amide bonds. The predicted molar refractivity (Wildman–Crippen MR) is 103 cm³/mol. The Balaban J connectivity index is 1.78. The van der Waals surface area contributed by atoms with Gasteiger partial charge in [-0.3, -0.25) is 9.79 Å². The lowest BCUT2D eigenvalue weighted by molar-refractivity contribution is -0.142. The topological polar surface area (TPSA) is 73.0 Å². The van der Waals surface area contributed by atoms with Crippen LogP contribution in [0.4, 0.5) is 0 Å². The van der Waals surface area contributed by atoms with Crippen molar-refractivity contribution in [2.24, 2.45) is 10.4 Å². The third-order valence-electron chi connectivity index (χ3n) is 4.12. The summed E-state index contributed by atoms with van der Waals surface area (Å²) < 4.78 is 11.5. The second-order valence-corrected chi connectivity index (χ2v) is 7.22. The van der Waals surface area contributed by atoms with E-state index in [4.69, 9.17) is 9.47 Å². The van der Waals surface area contributed by atoms with E-state index in [1.165, 1.54) is 7.11 Å². The van der Waals surface area contributed by atoms with Gasteiger partial charge in [0.15, 0.2) is 5.49 Å². The SMILES string of the molecule is COC(=O)CC(C)(C)Cc1ccc(OCCCN=c2ccccn2O)cc1. The number of methoxy groups -OCH3 is 1. The summed E-state index contributed by atoms with van der Waals surface area (Å²) in [5.41, 5.74) is 1.53. The molecular formula is C21H28N2O4. The van der Waals surface area contributed by atoms with Crippen molar-refractivity contribution in [3.05, 3.63) is 59.7 Å². The number of carbonyl (C=O) groups excluding carboxylic acids is 1. The quantitative estimate of drug-likeness (QED) is 0.417. The number of rotatable bonds is 9. The smallest absolute Gasteiger partial charge is 0.306 e. The van der Waals surface area contributed by atoms with E-state index in [9.17, 15) is 10.0 Å². The molecule has 0 spiro atoms. The normalized spacial score (nSPS) is 12.0. The molecule has 0 atom stereocenters. The number of ether oxygens (including phenoxy) is 2. The maximum absolute atomic E-state index is 11.5. The van der Waals surface area contributed by atoms with Crippen LogP contribution in [-0.2, 0) is 16.0 Å². The summed E-state index contributed by atoms with van der Waals surface area (Å²) in [6.45, 7) is 5.24. The fourth-order valence-corrected chi connectivity index (χ4v) is 2.78. The van der Waals surface area contributed by atoms with Crippen LogP contribution in [0.5, 0.6) is 5.75 Å². The summed E-state index contributed by atoms with van der Waals surface area (Å²) >= 11 is 0. The fourth-order valence-electron chi connectivity index (χ4n) is 2.78. The van der Waals surface area contributed by atoms with Gasteiger partial charge in [0, 0.05) is 19.2 Å². The van der Waals surface area contributed by atoms with Crippen LogP contribution in [0.1, 0.15) is 32.3 Å². The summed E-state index contributed by atoms with van der Waals surface area (Å²) in [5, 5.41) is 9.58. The largest absolute Gasteiger partial charge is 0.494 e. The fraction of sp³-hybridized carbons (Fsp3) is 0.429. The molecule has 0 aliphatic heterocycles. The van der Waals surface area contributed by atoms with Gasteiger partial charge in [0.1, 0.15) is 5.75 Å². The van der Waals surface area contributed by atoms with Crippen molar-refractivity contribution >= 4 is 5.97 Å². The molecule has 0 saturated carbocycles. The minimum atomic E-state index is -0.187. The molecule has 1 heterocycles. The summed E-state index contributed by atoms with van der Waals surface area (Å²) in [7, 11) is 1.42. The summed E-state index contributed by atoms with van der Waals surface area (Å²) in [6, 6.07) is 13.3. The summed E-state index contributed by atoms with van der Waals surface area (Å²) in [6.07, 6.45) is 3.48. The van der Waals surface area contributed by atoms with Crippen molar-refractivity contribution in [3.8, 4) is 5.75 Å². The van der Waals surface area contributed by atoms with E-state index in [-0.39, 0.29) is 11.4 Å². The van der Waals surface area contributed by atoms with E-state index in [1.54, 1.807) is 18.3 Å². The number of nitrogens with zero attached hydrogens (tertiary/aromatic N) is 2. The molecule has 0 fully saturated rings. The zero-order valence-corrected chi connectivity index (χ0v) is 16.2. The molecule has 2 rings (SSSR count). The van der Waals surface area contributed by atoms with Gasteiger partial charge in [0.05, 0.1) is 20.1 Å². The van der Waals surface area contributed by atoms with Crippen LogP contribution in [0.25, 0.3) is 0 Å². The number of hydrogen-bond donors (Lipinski definition) is 1. The molecule has 0 aliphatic rings. The number of esters is 1. The molecule has 0 saturated heterocycles. The number of benzene rings is 1. The number of carbonyl (C=O) groups is 1. The van der Waals surface area contributed by atoms with Gasteiger partial charge in [-0.1, -0.05) is 32.0 Å². The first-order valence-electron chi connectivity index (χ1n) is 9.06. The molecule has 0 bridgehead atoms. The lowest BCUT2D eigenvalue weighted by atomic mass is 9.83. The summed E-state index contributed by atoms with van der Waals surface area (Å²) in [4.78, 5) is 15.8. The van der Waals surface area contributed by atoms with Crippen LogP contribution in [0.2, 0.25) is 0 Å². The molecular weight excluding hydrogens is 344 g/mol. The van der Waals surface area contributed by atoms with Crippen molar-refractivity contribution < 1.29 is 19.5 Å². The second-order valence-electron chi connectivity index (χ2n) is 7.22. The Hall–Kier alpha value is -2.76. The molecule has 1 aromatic carbocycles. The molecule has 6 nitrogen and oxygen atoms in total. The maximum atomic E-state index is 11.5. The molecule has 146 valence electrons. The van der Waals surface area contributed by atoms with Crippen LogP contribution >= 0.6 is 0 Å². The zero-order chi connectivity index (χ0) is 19.7. The van der Waals surface area contributed by atoms with Gasteiger partial charge >= 0.3 is 5.97 Å². The van der Waals surface area contributed by atoms with Gasteiger partial charge in [-0.25, -0.2) is 0 Å². The number of hydrogen-bond acceptors (Lipinski definition) is 5. The molecule has 0 aliphatic carbocycles. The highest BCUT2D eigenvalue weighted by Crippen LogP contribution is 2.27. The first-order valence-corrected chi connectivity index (χ1v) is 9.06. The molecule has 0 unspecified atom stereocenters. The maximum Gasteiger partial charge on any atom is 0.306 e. The van der Waals surface area contributed by atoms with Crippen LogP contribution in [-0.4, -0.2) is 36.2 Å². The lowest BCUT2D eigenvalue weighted by Crippen LogP contribution is -2.20. The molecule has 1 aromatic heterocycles. The number of pyridine rings is 1. The van der Waals surface area contributed by atoms with Gasteiger partial charge in [-0.15, -0.1) is 0 Å². The molecule has 2 aromatic rings. The Morgan fingerprint density at radius 1 is 1.19 bits per heavy atom. The minimum Gasteiger partial charge on any atom is -0.494 e. The highest BCUT2D eigenvalue weighted by molar-refractivity contribution is 5.70. The lowest BCUT2D eigenvalue weighted by Gasteiger charge is -2.23. The average Bonchev–Trinajstić information content (AvgIpc) is 2.63. The Bertz CT molecular complexity index is 794. The average molecular weight is 372 g/mol. The van der Waals surface area contributed by atoms with Crippen molar-refractivity contribution in [2.45, 2.75) is 33.1 Å². The first-order chi connectivity index (χ1) is 12.9. The van der Waals surface area contributed by atoms with Crippen molar-refractivity contribution in [1.29, 1.82) is 0 Å². The standard InChI is InChI=1S/C21H28N2O4/c1-21(2,16-20(24)26-3)15-17-8-10-18(11-9-17)27-14-6-12-22-19-7-4-5-13-23(19)25/h4-5,7-11,13,25H,6,12,14-16H2,1-3H3. The van der Waals surface area contributed by atoms with Crippen LogP contribution < -0.4 is 10.2 Å². The van der Waals surface area contributed by atoms with Gasteiger partial charge in [-0.05, 0) is 41.7 Å².